The number of Topliss-reactive ketones (excluding diaryl/α,β-unsaturated/α-hetero) is 1. The van der Waals surface area contributed by atoms with E-state index in [9.17, 15) is 13.6 Å². The minimum absolute atomic E-state index is 0.0309. The fourth-order valence-electron chi connectivity index (χ4n) is 1.79. The summed E-state index contributed by atoms with van der Waals surface area (Å²) < 4.78 is 26.3. The summed E-state index contributed by atoms with van der Waals surface area (Å²) in [5.74, 6) is -0.887. The number of halogens is 2. The second kappa shape index (κ2) is 5.54. The third-order valence-electron chi connectivity index (χ3n) is 2.64. The van der Waals surface area contributed by atoms with E-state index in [1.165, 1.54) is 18.2 Å². The maximum atomic E-state index is 13.3. The van der Waals surface area contributed by atoms with Crippen molar-refractivity contribution in [2.24, 2.45) is 0 Å². The molecule has 92 valence electrons. The summed E-state index contributed by atoms with van der Waals surface area (Å²) in [6, 6.07) is 12.1. The van der Waals surface area contributed by atoms with Crippen LogP contribution in [-0.4, -0.2) is 5.78 Å². The predicted octanol–water partition coefficient (Wildman–Crippen LogP) is 3.32. The van der Waals surface area contributed by atoms with Gasteiger partial charge in [-0.3, -0.25) is 4.79 Å². The molecule has 1 nitrogen and oxygen atoms in total. The summed E-state index contributed by atoms with van der Waals surface area (Å²) in [7, 11) is 0. The van der Waals surface area contributed by atoms with Crippen molar-refractivity contribution >= 4 is 5.78 Å². The lowest BCUT2D eigenvalue weighted by atomic mass is 10.0. The van der Waals surface area contributed by atoms with E-state index >= 15 is 0 Å². The van der Waals surface area contributed by atoms with Crippen LogP contribution in [0.25, 0.3) is 0 Å². The largest absolute Gasteiger partial charge is 0.299 e. The Bertz CT molecular complexity index is 564. The molecule has 0 bridgehead atoms. The first-order valence-electron chi connectivity index (χ1n) is 5.65. The van der Waals surface area contributed by atoms with Crippen LogP contribution in [0.4, 0.5) is 8.78 Å². The van der Waals surface area contributed by atoms with Gasteiger partial charge in [0.1, 0.15) is 17.4 Å². The number of carbonyl (C=O) groups is 1. The van der Waals surface area contributed by atoms with Crippen LogP contribution in [0.1, 0.15) is 11.1 Å². The molecule has 0 radical (unpaired) electrons. The maximum absolute atomic E-state index is 13.3. The number of rotatable bonds is 4. The molecule has 0 aliphatic heterocycles. The van der Waals surface area contributed by atoms with E-state index in [2.05, 4.69) is 0 Å². The molecule has 2 aromatic carbocycles. The van der Waals surface area contributed by atoms with E-state index in [1.807, 2.05) is 0 Å². The zero-order chi connectivity index (χ0) is 13.0. The van der Waals surface area contributed by atoms with Gasteiger partial charge in [-0.2, -0.15) is 0 Å². The molecule has 0 atom stereocenters. The molecular weight excluding hydrogens is 234 g/mol. The standard InChI is InChI=1S/C15H12F2O/c16-13-6-3-4-11(8-13)9-14(18)10-12-5-1-2-7-15(12)17/h1-8H,9-10H2. The molecule has 2 rings (SSSR count). The van der Waals surface area contributed by atoms with Crippen LogP contribution < -0.4 is 0 Å². The average molecular weight is 246 g/mol. The fraction of sp³-hybridized carbons (Fsp3) is 0.133. The molecule has 0 saturated heterocycles. The number of benzene rings is 2. The second-order valence-corrected chi connectivity index (χ2v) is 4.11. The topological polar surface area (TPSA) is 17.1 Å². The van der Waals surface area contributed by atoms with Crippen LogP contribution in [0, 0.1) is 11.6 Å². The Labute approximate surface area is 104 Å². The van der Waals surface area contributed by atoms with Gasteiger partial charge in [-0.25, -0.2) is 8.78 Å². The molecule has 0 N–H and O–H groups in total. The molecule has 2 aromatic rings. The molecule has 0 aromatic heterocycles. The van der Waals surface area contributed by atoms with Crippen molar-refractivity contribution < 1.29 is 13.6 Å². The first-order chi connectivity index (χ1) is 8.65. The van der Waals surface area contributed by atoms with Gasteiger partial charge in [0.2, 0.25) is 0 Å². The molecule has 0 amide bonds. The zero-order valence-electron chi connectivity index (χ0n) is 9.70. The van der Waals surface area contributed by atoms with Crippen molar-refractivity contribution in [1.29, 1.82) is 0 Å². The molecule has 0 aliphatic rings. The Kier molecular flexibility index (Phi) is 3.82. The highest BCUT2D eigenvalue weighted by molar-refractivity contribution is 5.83. The Balaban J connectivity index is 2.03. The first-order valence-corrected chi connectivity index (χ1v) is 5.65. The lowest BCUT2D eigenvalue weighted by Gasteiger charge is -2.03. The quantitative estimate of drug-likeness (QED) is 0.808. The van der Waals surface area contributed by atoms with Crippen LogP contribution in [0.2, 0.25) is 0 Å². The van der Waals surface area contributed by atoms with Crippen LogP contribution in [-0.2, 0) is 17.6 Å². The Morgan fingerprint density at radius 2 is 1.72 bits per heavy atom. The molecule has 0 unspecified atom stereocenters. The summed E-state index contributed by atoms with van der Waals surface area (Å²) in [5, 5.41) is 0. The van der Waals surface area contributed by atoms with Gasteiger partial charge in [0.15, 0.2) is 0 Å². The van der Waals surface area contributed by atoms with Gasteiger partial charge in [-0.15, -0.1) is 0 Å². The van der Waals surface area contributed by atoms with Crippen molar-refractivity contribution in [3.05, 3.63) is 71.3 Å². The molecule has 0 saturated carbocycles. The second-order valence-electron chi connectivity index (χ2n) is 4.11. The van der Waals surface area contributed by atoms with E-state index in [-0.39, 0.29) is 30.3 Å². The first kappa shape index (κ1) is 12.4. The summed E-state index contributed by atoms with van der Waals surface area (Å²) in [6.45, 7) is 0. The van der Waals surface area contributed by atoms with Gasteiger partial charge in [-0.05, 0) is 29.3 Å². The van der Waals surface area contributed by atoms with E-state index in [0.717, 1.165) is 0 Å². The highest BCUT2D eigenvalue weighted by Gasteiger charge is 2.08. The summed E-state index contributed by atoms with van der Waals surface area (Å²) >= 11 is 0. The number of ketones is 1. The van der Waals surface area contributed by atoms with Gasteiger partial charge in [-0.1, -0.05) is 30.3 Å². The number of carbonyl (C=O) groups excluding carboxylic acids is 1. The van der Waals surface area contributed by atoms with E-state index in [1.54, 1.807) is 30.3 Å². The normalized spacial score (nSPS) is 10.3. The molecule has 0 fully saturated rings. The molecule has 3 heteroatoms. The van der Waals surface area contributed by atoms with E-state index < -0.39 is 0 Å². The minimum atomic E-state index is -0.384. The van der Waals surface area contributed by atoms with Gasteiger partial charge < -0.3 is 0 Å². The summed E-state index contributed by atoms with van der Waals surface area (Å²) in [6.07, 6.45) is 0.148. The highest BCUT2D eigenvalue weighted by Crippen LogP contribution is 2.10. The molecule has 0 aliphatic carbocycles. The average Bonchev–Trinajstić information content (AvgIpc) is 2.32. The van der Waals surface area contributed by atoms with Gasteiger partial charge in [0.05, 0.1) is 0 Å². The van der Waals surface area contributed by atoms with Crippen LogP contribution in [0.5, 0.6) is 0 Å². The van der Waals surface area contributed by atoms with Crippen molar-refractivity contribution in [3.63, 3.8) is 0 Å². The summed E-state index contributed by atoms with van der Waals surface area (Å²) in [4.78, 5) is 11.8. The Morgan fingerprint density at radius 3 is 2.44 bits per heavy atom. The molecular formula is C15H12F2O. The maximum Gasteiger partial charge on any atom is 0.141 e. The fourth-order valence-corrected chi connectivity index (χ4v) is 1.79. The van der Waals surface area contributed by atoms with Gasteiger partial charge in [0.25, 0.3) is 0 Å². The van der Waals surface area contributed by atoms with Crippen molar-refractivity contribution in [2.45, 2.75) is 12.8 Å². The third kappa shape index (κ3) is 3.23. The van der Waals surface area contributed by atoms with Gasteiger partial charge >= 0.3 is 0 Å². The molecule has 18 heavy (non-hydrogen) atoms. The van der Waals surface area contributed by atoms with Crippen molar-refractivity contribution in [3.8, 4) is 0 Å². The predicted molar refractivity (Wildman–Crippen MR) is 65.2 cm³/mol. The van der Waals surface area contributed by atoms with Crippen molar-refractivity contribution in [1.82, 2.24) is 0 Å². The number of hydrogen-bond acceptors (Lipinski definition) is 1. The van der Waals surface area contributed by atoms with E-state index in [0.29, 0.717) is 11.1 Å². The third-order valence-corrected chi connectivity index (χ3v) is 2.64. The highest BCUT2D eigenvalue weighted by atomic mass is 19.1. The minimum Gasteiger partial charge on any atom is -0.299 e. The summed E-state index contributed by atoms with van der Waals surface area (Å²) in [5.41, 5.74) is 0.982. The van der Waals surface area contributed by atoms with Crippen LogP contribution in [0.3, 0.4) is 0 Å². The monoisotopic (exact) mass is 246 g/mol. The zero-order valence-corrected chi connectivity index (χ0v) is 9.70. The SMILES string of the molecule is O=C(Cc1cccc(F)c1)Cc1ccccc1F. The smallest absolute Gasteiger partial charge is 0.141 e. The Morgan fingerprint density at radius 1 is 0.944 bits per heavy atom. The lowest BCUT2D eigenvalue weighted by Crippen LogP contribution is -2.08. The Hall–Kier alpha value is -2.03. The lowest BCUT2D eigenvalue weighted by molar-refractivity contribution is -0.117. The van der Waals surface area contributed by atoms with Crippen LogP contribution >= 0.6 is 0 Å². The van der Waals surface area contributed by atoms with Crippen molar-refractivity contribution in [2.75, 3.05) is 0 Å². The van der Waals surface area contributed by atoms with E-state index in [4.69, 9.17) is 0 Å². The molecule has 0 spiro atoms. The van der Waals surface area contributed by atoms with Crippen LogP contribution in [0.15, 0.2) is 48.5 Å². The number of hydrogen-bond donors (Lipinski definition) is 0. The molecule has 0 heterocycles. The van der Waals surface area contributed by atoms with Gasteiger partial charge in [0, 0.05) is 12.8 Å².